The summed E-state index contributed by atoms with van der Waals surface area (Å²) in [5.74, 6) is -0.614. The van der Waals surface area contributed by atoms with Crippen molar-refractivity contribution >= 4 is 17.4 Å². The average Bonchev–Trinajstić information content (AvgIpc) is 2.57. The number of piperidine rings is 1. The fourth-order valence-electron chi connectivity index (χ4n) is 2.69. The highest BCUT2D eigenvalue weighted by atomic mass is 19.1. The normalized spacial score (nSPS) is 16.6. The smallest absolute Gasteiger partial charge is 0.331 e. The molecule has 2 rings (SSSR count). The van der Waals surface area contributed by atoms with Gasteiger partial charge in [-0.15, -0.1) is 0 Å². The SMILES string of the molecule is C/C(=C/C(=O)OC1CCN(CC(=O)N(C)C)CC1)c1ccc(F)cc1. The third-order valence-corrected chi connectivity index (χ3v) is 4.31. The molecule has 0 bridgehead atoms. The Labute approximate surface area is 148 Å². The fraction of sp³-hybridized carbons (Fsp3) is 0.474. The number of carbonyl (C=O) groups is 2. The van der Waals surface area contributed by atoms with Gasteiger partial charge in [-0.25, -0.2) is 9.18 Å². The topological polar surface area (TPSA) is 49.9 Å². The predicted octanol–water partition coefficient (Wildman–Crippen LogP) is 2.32. The number of amides is 1. The molecule has 1 aromatic rings. The first-order chi connectivity index (χ1) is 11.8. The van der Waals surface area contributed by atoms with Crippen LogP contribution in [-0.2, 0) is 14.3 Å². The van der Waals surface area contributed by atoms with Crippen molar-refractivity contribution in [2.75, 3.05) is 33.7 Å². The van der Waals surface area contributed by atoms with Gasteiger partial charge in [0.25, 0.3) is 0 Å². The average molecular weight is 348 g/mol. The summed E-state index contributed by atoms with van der Waals surface area (Å²) in [5, 5.41) is 0. The maximum atomic E-state index is 12.9. The summed E-state index contributed by atoms with van der Waals surface area (Å²) in [6, 6.07) is 5.99. The first-order valence-electron chi connectivity index (χ1n) is 8.42. The number of allylic oxidation sites excluding steroid dienone is 1. The van der Waals surface area contributed by atoms with Gasteiger partial charge in [0, 0.05) is 33.3 Å². The molecule has 5 nitrogen and oxygen atoms in total. The number of likely N-dealkylation sites (tertiary alicyclic amines) is 1. The Hall–Kier alpha value is -2.21. The number of nitrogens with zero attached hydrogens (tertiary/aromatic N) is 2. The van der Waals surface area contributed by atoms with Crippen molar-refractivity contribution in [2.24, 2.45) is 0 Å². The predicted molar refractivity (Wildman–Crippen MR) is 94.3 cm³/mol. The second-order valence-corrected chi connectivity index (χ2v) is 6.53. The molecule has 0 radical (unpaired) electrons. The molecule has 0 aromatic heterocycles. The van der Waals surface area contributed by atoms with Crippen LogP contribution in [0.3, 0.4) is 0 Å². The standard InChI is InChI=1S/C19H25FN2O3/c1-14(15-4-6-16(20)7-5-15)12-19(24)25-17-8-10-22(11-9-17)13-18(23)21(2)3/h4-7,12,17H,8-11,13H2,1-3H3/b14-12-. The number of ether oxygens (including phenoxy) is 1. The minimum atomic E-state index is -0.385. The van der Waals surface area contributed by atoms with Crippen LogP contribution in [-0.4, -0.2) is 61.5 Å². The molecular weight excluding hydrogens is 323 g/mol. The van der Waals surface area contributed by atoms with Crippen LogP contribution in [0.2, 0.25) is 0 Å². The van der Waals surface area contributed by atoms with Crippen LogP contribution in [0.4, 0.5) is 4.39 Å². The van der Waals surface area contributed by atoms with Gasteiger partial charge >= 0.3 is 5.97 Å². The Balaban J connectivity index is 1.81. The zero-order chi connectivity index (χ0) is 18.4. The minimum Gasteiger partial charge on any atom is -0.459 e. The van der Waals surface area contributed by atoms with Crippen LogP contribution in [0.25, 0.3) is 5.57 Å². The van der Waals surface area contributed by atoms with E-state index < -0.39 is 0 Å². The van der Waals surface area contributed by atoms with E-state index in [9.17, 15) is 14.0 Å². The largest absolute Gasteiger partial charge is 0.459 e. The van der Waals surface area contributed by atoms with Gasteiger partial charge in [0.2, 0.25) is 5.91 Å². The highest BCUT2D eigenvalue weighted by Gasteiger charge is 2.23. The van der Waals surface area contributed by atoms with Crippen molar-refractivity contribution in [3.05, 3.63) is 41.7 Å². The fourth-order valence-corrected chi connectivity index (χ4v) is 2.69. The van der Waals surface area contributed by atoms with E-state index in [1.54, 1.807) is 38.1 Å². The lowest BCUT2D eigenvalue weighted by atomic mass is 10.1. The van der Waals surface area contributed by atoms with E-state index in [1.165, 1.54) is 18.2 Å². The number of benzene rings is 1. The number of hydrogen-bond donors (Lipinski definition) is 0. The number of rotatable bonds is 5. The van der Waals surface area contributed by atoms with Gasteiger partial charge in [-0.3, -0.25) is 9.69 Å². The lowest BCUT2D eigenvalue weighted by Gasteiger charge is -2.31. The number of esters is 1. The molecule has 1 fully saturated rings. The molecule has 0 unspecified atom stereocenters. The second kappa shape index (κ2) is 8.76. The third-order valence-electron chi connectivity index (χ3n) is 4.31. The van der Waals surface area contributed by atoms with Crippen LogP contribution in [0, 0.1) is 5.82 Å². The number of likely N-dealkylation sites (N-methyl/N-ethyl adjacent to an activating group) is 1. The number of hydrogen-bond acceptors (Lipinski definition) is 4. The zero-order valence-electron chi connectivity index (χ0n) is 15.0. The van der Waals surface area contributed by atoms with Gasteiger partial charge in [-0.05, 0) is 43.0 Å². The summed E-state index contributed by atoms with van der Waals surface area (Å²) in [5.41, 5.74) is 1.52. The number of carbonyl (C=O) groups excluding carboxylic acids is 2. The first-order valence-corrected chi connectivity index (χ1v) is 8.42. The highest BCUT2D eigenvalue weighted by Crippen LogP contribution is 2.17. The molecule has 25 heavy (non-hydrogen) atoms. The van der Waals surface area contributed by atoms with E-state index in [0.29, 0.717) is 6.54 Å². The lowest BCUT2D eigenvalue weighted by Crippen LogP contribution is -2.43. The van der Waals surface area contributed by atoms with Crippen LogP contribution in [0.5, 0.6) is 0 Å². The van der Waals surface area contributed by atoms with Gasteiger partial charge in [0.15, 0.2) is 0 Å². The Morgan fingerprint density at radius 3 is 2.40 bits per heavy atom. The molecule has 1 aliphatic rings. The molecule has 0 aliphatic carbocycles. The first kappa shape index (κ1) is 19.1. The summed E-state index contributed by atoms with van der Waals surface area (Å²) in [6.45, 7) is 3.66. The van der Waals surface area contributed by atoms with E-state index in [-0.39, 0.29) is 23.8 Å². The summed E-state index contributed by atoms with van der Waals surface area (Å²) in [7, 11) is 3.49. The molecule has 0 N–H and O–H groups in total. The third kappa shape index (κ3) is 5.98. The molecule has 1 aromatic carbocycles. The second-order valence-electron chi connectivity index (χ2n) is 6.53. The summed E-state index contributed by atoms with van der Waals surface area (Å²) in [4.78, 5) is 27.4. The molecule has 1 heterocycles. The van der Waals surface area contributed by atoms with Gasteiger partial charge < -0.3 is 9.64 Å². The minimum absolute atomic E-state index is 0.0771. The Bertz CT molecular complexity index is 633. The van der Waals surface area contributed by atoms with E-state index >= 15 is 0 Å². The Kier molecular flexibility index (Phi) is 6.70. The van der Waals surface area contributed by atoms with Crippen LogP contribution in [0.15, 0.2) is 30.3 Å². The van der Waals surface area contributed by atoms with E-state index in [1.807, 2.05) is 0 Å². The summed E-state index contributed by atoms with van der Waals surface area (Å²) < 4.78 is 18.4. The molecule has 0 atom stereocenters. The van der Waals surface area contributed by atoms with Crippen molar-refractivity contribution in [1.29, 1.82) is 0 Å². The quantitative estimate of drug-likeness (QED) is 0.605. The van der Waals surface area contributed by atoms with Crippen LogP contribution < -0.4 is 0 Å². The monoisotopic (exact) mass is 348 g/mol. The number of halogens is 1. The maximum absolute atomic E-state index is 12.9. The molecule has 1 amide bonds. The molecule has 6 heteroatoms. The van der Waals surface area contributed by atoms with E-state index in [0.717, 1.165) is 37.1 Å². The van der Waals surface area contributed by atoms with Gasteiger partial charge in [0.1, 0.15) is 11.9 Å². The Morgan fingerprint density at radius 1 is 1.24 bits per heavy atom. The van der Waals surface area contributed by atoms with Crippen molar-refractivity contribution in [3.8, 4) is 0 Å². The summed E-state index contributed by atoms with van der Waals surface area (Å²) >= 11 is 0. The maximum Gasteiger partial charge on any atom is 0.331 e. The molecule has 1 saturated heterocycles. The van der Waals surface area contributed by atoms with Crippen LogP contribution in [0.1, 0.15) is 25.3 Å². The summed E-state index contributed by atoms with van der Waals surface area (Å²) in [6.07, 6.45) is 2.75. The molecule has 136 valence electrons. The van der Waals surface area contributed by atoms with E-state index in [4.69, 9.17) is 4.74 Å². The molecule has 0 spiro atoms. The Morgan fingerprint density at radius 2 is 1.84 bits per heavy atom. The lowest BCUT2D eigenvalue weighted by molar-refractivity contribution is -0.145. The molecule has 0 saturated carbocycles. The van der Waals surface area contributed by atoms with Crippen molar-refractivity contribution in [3.63, 3.8) is 0 Å². The van der Waals surface area contributed by atoms with Gasteiger partial charge in [-0.1, -0.05) is 12.1 Å². The van der Waals surface area contributed by atoms with Gasteiger partial charge in [-0.2, -0.15) is 0 Å². The molecule has 1 aliphatic heterocycles. The van der Waals surface area contributed by atoms with Crippen LogP contribution >= 0.6 is 0 Å². The highest BCUT2D eigenvalue weighted by molar-refractivity contribution is 5.91. The zero-order valence-corrected chi connectivity index (χ0v) is 15.0. The van der Waals surface area contributed by atoms with Crippen molar-refractivity contribution < 1.29 is 18.7 Å². The van der Waals surface area contributed by atoms with Crippen molar-refractivity contribution in [1.82, 2.24) is 9.80 Å². The van der Waals surface area contributed by atoms with Gasteiger partial charge in [0.05, 0.1) is 6.54 Å². The van der Waals surface area contributed by atoms with E-state index in [2.05, 4.69) is 4.90 Å². The molecular formula is C19H25FN2O3. The van der Waals surface area contributed by atoms with Crippen molar-refractivity contribution in [2.45, 2.75) is 25.9 Å².